The van der Waals surface area contributed by atoms with Gasteiger partial charge in [0.15, 0.2) is 0 Å². The summed E-state index contributed by atoms with van der Waals surface area (Å²) in [7, 11) is 0. The van der Waals surface area contributed by atoms with E-state index in [1.54, 1.807) is 0 Å². The maximum absolute atomic E-state index is 4.26. The number of hydrogen-bond acceptors (Lipinski definition) is 1. The second-order valence-electron chi connectivity index (χ2n) is 0.0583. The number of halogens is 2. The molecule has 0 aromatic heterocycles. The first-order valence-corrected chi connectivity index (χ1v) is 0.926. The second-order valence-corrected chi connectivity index (χ2v) is 0.525. The summed E-state index contributed by atoms with van der Waals surface area (Å²) in [6.45, 7) is 0. The van der Waals surface area contributed by atoms with E-state index < -0.39 is 0 Å². The molecular formula is Cl2OV+4. The van der Waals surface area contributed by atoms with Crippen molar-refractivity contribution >= 4 is 23.7 Å². The van der Waals surface area contributed by atoms with Gasteiger partial charge < -0.3 is 0 Å². The average molecular weight is 138 g/mol. The Kier molecular flexibility index (Phi) is 19.9. The fourth-order valence-electron chi connectivity index (χ4n) is 0. The van der Waals surface area contributed by atoms with E-state index in [2.05, 4.69) is 27.6 Å². The molecule has 0 aromatic rings. The van der Waals surface area contributed by atoms with E-state index in [1.165, 1.54) is 0 Å². The topological polar surface area (TPSA) is 9.23 Å². The molecule has 4 heavy (non-hydrogen) atoms. The molecule has 0 aliphatic carbocycles. The van der Waals surface area contributed by atoms with E-state index in [-0.39, 0.29) is 18.6 Å². The Bertz CT molecular complexity index is 6.00. The first kappa shape index (κ1) is 8.93. The Morgan fingerprint density at radius 1 is 1.25 bits per heavy atom. The zero-order chi connectivity index (χ0) is 2.71. The Labute approximate surface area is 46.4 Å². The standard InChI is InChI=1S/Cl2O.V/c1-3-2;/q;+4. The summed E-state index contributed by atoms with van der Waals surface area (Å²) in [5.74, 6) is 0. The van der Waals surface area contributed by atoms with Gasteiger partial charge in [0.2, 0.25) is 0 Å². The van der Waals surface area contributed by atoms with Gasteiger partial charge in [-0.25, -0.2) is 0 Å². The van der Waals surface area contributed by atoms with E-state index in [4.69, 9.17) is 0 Å². The monoisotopic (exact) mass is 137 g/mol. The molecular weight excluding hydrogens is 138 g/mol. The summed E-state index contributed by atoms with van der Waals surface area (Å²) in [4.78, 5) is 0. The Morgan fingerprint density at radius 3 is 1.25 bits per heavy atom. The normalized spacial score (nSPS) is 4.50. The zero-order valence-electron chi connectivity index (χ0n) is 1.61. The van der Waals surface area contributed by atoms with Crippen LogP contribution in [0.4, 0.5) is 0 Å². The van der Waals surface area contributed by atoms with Crippen LogP contribution in [0.15, 0.2) is 0 Å². The van der Waals surface area contributed by atoms with Crippen LogP contribution >= 0.6 is 23.7 Å². The van der Waals surface area contributed by atoms with E-state index in [0.717, 1.165) is 0 Å². The molecule has 0 aliphatic heterocycles. The fourth-order valence-corrected chi connectivity index (χ4v) is 0. The molecule has 0 N–H and O–H groups in total. The third-order valence-electron chi connectivity index (χ3n) is 0. The smallest absolute Gasteiger partial charge is 0.166 e. The maximum Gasteiger partial charge on any atom is 4.00 e. The largest absolute Gasteiger partial charge is 4.00 e. The second kappa shape index (κ2) is 8.92. The van der Waals surface area contributed by atoms with Gasteiger partial charge >= 0.3 is 18.6 Å². The Morgan fingerprint density at radius 2 is 1.25 bits per heavy atom. The van der Waals surface area contributed by atoms with Gasteiger partial charge in [0.1, 0.15) is 0 Å². The van der Waals surface area contributed by atoms with Crippen molar-refractivity contribution in [3.05, 3.63) is 0 Å². The zero-order valence-corrected chi connectivity index (χ0v) is 4.52. The van der Waals surface area contributed by atoms with Crippen molar-refractivity contribution in [2.24, 2.45) is 0 Å². The van der Waals surface area contributed by atoms with Crippen LogP contribution in [0.25, 0.3) is 0 Å². The van der Waals surface area contributed by atoms with Gasteiger partial charge in [-0.1, -0.05) is 0 Å². The van der Waals surface area contributed by atoms with Gasteiger partial charge in [-0.15, -0.1) is 0 Å². The molecule has 1 radical (unpaired) electrons. The number of rotatable bonds is 0. The van der Waals surface area contributed by atoms with Crippen molar-refractivity contribution < 1.29 is 22.4 Å². The van der Waals surface area contributed by atoms with Crippen LogP contribution in [0.2, 0.25) is 0 Å². The number of hydrogen-bond donors (Lipinski definition) is 0. The van der Waals surface area contributed by atoms with E-state index in [1.807, 2.05) is 0 Å². The van der Waals surface area contributed by atoms with Crippen molar-refractivity contribution in [1.29, 1.82) is 0 Å². The predicted molar refractivity (Wildman–Crippen MR) is 12.8 cm³/mol. The van der Waals surface area contributed by atoms with Gasteiger partial charge in [0.25, 0.3) is 0 Å². The summed E-state index contributed by atoms with van der Waals surface area (Å²) < 4.78 is 3.19. The molecule has 0 saturated carbocycles. The molecule has 1 nitrogen and oxygen atoms in total. The molecule has 0 aliphatic rings. The first-order valence-electron chi connectivity index (χ1n) is 0.309. The molecule has 0 saturated heterocycles. The Hall–Kier alpha value is 1.12. The minimum atomic E-state index is 0. The van der Waals surface area contributed by atoms with Crippen LogP contribution in [-0.2, 0) is 22.4 Å². The van der Waals surface area contributed by atoms with Crippen molar-refractivity contribution in [2.45, 2.75) is 0 Å². The molecule has 0 amide bonds. The quantitative estimate of drug-likeness (QED) is 0.490. The molecule has 0 aromatic carbocycles. The van der Waals surface area contributed by atoms with Crippen molar-refractivity contribution in [2.75, 3.05) is 0 Å². The minimum absolute atomic E-state index is 0. The summed E-state index contributed by atoms with van der Waals surface area (Å²) >= 11 is 8.53. The molecule has 0 atom stereocenters. The van der Waals surface area contributed by atoms with Crippen LogP contribution in [0, 0.1) is 0 Å². The Balaban J connectivity index is 0. The molecule has 0 bridgehead atoms. The molecule has 0 heterocycles. The van der Waals surface area contributed by atoms with Crippen molar-refractivity contribution in [3.63, 3.8) is 0 Å². The summed E-state index contributed by atoms with van der Waals surface area (Å²) in [5, 5.41) is 0. The van der Waals surface area contributed by atoms with E-state index >= 15 is 0 Å². The fraction of sp³-hybridized carbons (Fsp3) is 0. The molecule has 0 spiro atoms. The third-order valence-corrected chi connectivity index (χ3v) is 0. The summed E-state index contributed by atoms with van der Waals surface area (Å²) in [6.07, 6.45) is 0. The van der Waals surface area contributed by atoms with Crippen LogP contribution in [0.5, 0.6) is 0 Å². The molecule has 4 heteroatoms. The van der Waals surface area contributed by atoms with Gasteiger partial charge in [-0.3, -0.25) is 0 Å². The molecule has 21 valence electrons. The van der Waals surface area contributed by atoms with Crippen LogP contribution < -0.4 is 0 Å². The molecule has 0 unspecified atom stereocenters. The van der Waals surface area contributed by atoms with Crippen LogP contribution in [0.1, 0.15) is 0 Å². The summed E-state index contributed by atoms with van der Waals surface area (Å²) in [5.41, 5.74) is 0. The average Bonchev–Trinajstić information content (AvgIpc) is 0.918. The SMILES string of the molecule is ClOCl.[V+4]. The molecule has 0 fully saturated rings. The van der Waals surface area contributed by atoms with E-state index in [9.17, 15) is 0 Å². The first-order chi connectivity index (χ1) is 1.41. The van der Waals surface area contributed by atoms with Gasteiger partial charge in [0, 0.05) is 0 Å². The van der Waals surface area contributed by atoms with Gasteiger partial charge in [-0.05, 0) is 0 Å². The molecule has 0 rings (SSSR count). The van der Waals surface area contributed by atoms with E-state index in [0.29, 0.717) is 0 Å². The van der Waals surface area contributed by atoms with Gasteiger partial charge in [-0.2, -0.15) is 3.84 Å². The third kappa shape index (κ3) is 11.2. The van der Waals surface area contributed by atoms with Crippen molar-refractivity contribution in [1.82, 2.24) is 0 Å². The summed E-state index contributed by atoms with van der Waals surface area (Å²) in [6, 6.07) is 0. The van der Waals surface area contributed by atoms with Gasteiger partial charge in [0.05, 0.1) is 23.7 Å². The van der Waals surface area contributed by atoms with Crippen LogP contribution in [-0.4, -0.2) is 0 Å². The maximum atomic E-state index is 4.26. The predicted octanol–water partition coefficient (Wildman–Crippen LogP) is 1.31. The van der Waals surface area contributed by atoms with Crippen LogP contribution in [0.3, 0.4) is 0 Å². The minimum Gasteiger partial charge on any atom is -0.166 e. The van der Waals surface area contributed by atoms with Crippen molar-refractivity contribution in [3.8, 4) is 0 Å².